The number of rotatable bonds is 4. The second-order valence-electron chi connectivity index (χ2n) is 4.94. The Labute approximate surface area is 155 Å². The van der Waals surface area contributed by atoms with Crippen LogP contribution in [0.1, 0.15) is 19.4 Å². The summed E-state index contributed by atoms with van der Waals surface area (Å²) in [6.45, 7) is 4.39. The summed E-state index contributed by atoms with van der Waals surface area (Å²) in [6.07, 6.45) is 1.09. The summed E-state index contributed by atoms with van der Waals surface area (Å²) in [5.74, 6) is 0. The molecular weight excluding hydrogens is 387 g/mol. The van der Waals surface area contributed by atoms with E-state index in [0.29, 0.717) is 13.1 Å². The van der Waals surface area contributed by atoms with Gasteiger partial charge in [0.25, 0.3) is 0 Å². The topological polar surface area (TPSA) is 96.1 Å². The van der Waals surface area contributed by atoms with Gasteiger partial charge in [-0.25, -0.2) is 13.2 Å². The van der Waals surface area contributed by atoms with Crippen molar-refractivity contribution >= 4 is 39.1 Å². The van der Waals surface area contributed by atoms with Gasteiger partial charge in [0.1, 0.15) is 11.6 Å². The lowest BCUT2D eigenvalue weighted by Gasteiger charge is -2.17. The minimum absolute atomic E-state index is 0.0575. The van der Waals surface area contributed by atoms with Crippen molar-refractivity contribution in [2.45, 2.75) is 23.8 Å². The first kappa shape index (κ1) is 19.2. The molecule has 2 aromatic rings. The highest BCUT2D eigenvalue weighted by molar-refractivity contribution is 7.91. The van der Waals surface area contributed by atoms with E-state index in [-0.39, 0.29) is 20.5 Å². The van der Waals surface area contributed by atoms with Crippen molar-refractivity contribution in [3.05, 3.63) is 40.0 Å². The second-order valence-corrected chi connectivity index (χ2v) is 7.61. The molecule has 0 aliphatic heterocycles. The molecule has 0 spiro atoms. The van der Waals surface area contributed by atoms with Gasteiger partial charge >= 0.3 is 6.03 Å². The standard InChI is InChI=1S/C15H14Cl2N4O3S/c1-3-20(4-2)15(22)21-9-10(8-18)14(19-21)25(23,24)13-7-11(16)5-6-12(13)17/h5-7,9H,3-4H2,1-2H3. The van der Waals surface area contributed by atoms with Crippen molar-refractivity contribution in [3.63, 3.8) is 0 Å². The number of hydrogen-bond donors (Lipinski definition) is 0. The molecule has 0 saturated carbocycles. The Bertz CT molecular complexity index is 960. The Morgan fingerprint density at radius 3 is 2.52 bits per heavy atom. The number of nitrogens with zero attached hydrogens (tertiary/aromatic N) is 4. The lowest BCUT2D eigenvalue weighted by atomic mass is 10.4. The summed E-state index contributed by atoms with van der Waals surface area (Å²) < 4.78 is 26.5. The SMILES string of the molecule is CCN(CC)C(=O)n1cc(C#N)c(S(=O)(=O)c2cc(Cl)ccc2Cl)n1. The second kappa shape index (κ2) is 7.44. The molecule has 10 heteroatoms. The predicted molar refractivity (Wildman–Crippen MR) is 92.6 cm³/mol. The molecule has 0 unspecified atom stereocenters. The molecule has 0 atom stereocenters. The molecule has 0 bridgehead atoms. The third-order valence-electron chi connectivity index (χ3n) is 3.47. The minimum atomic E-state index is -4.23. The van der Waals surface area contributed by atoms with Crippen LogP contribution >= 0.6 is 23.2 Å². The molecule has 1 aromatic carbocycles. The molecule has 0 aliphatic rings. The molecular formula is C15H14Cl2N4O3S. The average molecular weight is 401 g/mol. The van der Waals surface area contributed by atoms with Crippen LogP contribution in [-0.4, -0.2) is 42.2 Å². The van der Waals surface area contributed by atoms with Crippen molar-refractivity contribution in [2.24, 2.45) is 0 Å². The summed E-state index contributed by atoms with van der Waals surface area (Å²) in [4.78, 5) is 13.5. The molecule has 1 amide bonds. The molecule has 0 fully saturated rings. The molecule has 25 heavy (non-hydrogen) atoms. The number of halogens is 2. The van der Waals surface area contributed by atoms with Crippen LogP contribution in [0.2, 0.25) is 10.0 Å². The van der Waals surface area contributed by atoms with Crippen molar-refractivity contribution in [1.82, 2.24) is 14.7 Å². The summed E-state index contributed by atoms with van der Waals surface area (Å²) in [6, 6.07) is 5.17. The quantitative estimate of drug-likeness (QED) is 0.784. The van der Waals surface area contributed by atoms with E-state index in [2.05, 4.69) is 5.10 Å². The van der Waals surface area contributed by atoms with Gasteiger partial charge in [-0.15, -0.1) is 0 Å². The van der Waals surface area contributed by atoms with E-state index in [4.69, 9.17) is 23.2 Å². The van der Waals surface area contributed by atoms with E-state index in [1.54, 1.807) is 19.9 Å². The van der Waals surface area contributed by atoms with E-state index in [1.807, 2.05) is 0 Å². The van der Waals surface area contributed by atoms with Crippen LogP contribution in [0.3, 0.4) is 0 Å². The smallest absolute Gasteiger partial charge is 0.323 e. The van der Waals surface area contributed by atoms with E-state index in [1.165, 1.54) is 23.1 Å². The highest BCUT2D eigenvalue weighted by Gasteiger charge is 2.29. The zero-order valence-electron chi connectivity index (χ0n) is 13.4. The molecule has 0 radical (unpaired) electrons. The number of sulfone groups is 1. The number of carbonyl (C=O) groups is 1. The third-order valence-corrected chi connectivity index (χ3v) is 5.87. The maximum absolute atomic E-state index is 12.8. The summed E-state index contributed by atoms with van der Waals surface area (Å²) in [7, 11) is -4.23. The number of amides is 1. The number of aromatic nitrogens is 2. The van der Waals surface area contributed by atoms with Crippen LogP contribution in [0.4, 0.5) is 4.79 Å². The van der Waals surface area contributed by atoms with Crippen LogP contribution in [0.25, 0.3) is 0 Å². The van der Waals surface area contributed by atoms with Gasteiger partial charge in [-0.2, -0.15) is 15.0 Å². The first-order valence-corrected chi connectivity index (χ1v) is 9.49. The zero-order valence-corrected chi connectivity index (χ0v) is 15.7. The van der Waals surface area contributed by atoms with Crippen LogP contribution in [0, 0.1) is 11.3 Å². The average Bonchev–Trinajstić information content (AvgIpc) is 3.03. The highest BCUT2D eigenvalue weighted by Crippen LogP contribution is 2.30. The van der Waals surface area contributed by atoms with Crippen LogP contribution in [0.5, 0.6) is 0 Å². The van der Waals surface area contributed by atoms with Gasteiger partial charge in [-0.3, -0.25) is 0 Å². The largest absolute Gasteiger partial charge is 0.344 e. The third kappa shape index (κ3) is 3.63. The number of carbonyl (C=O) groups excluding carboxylic acids is 1. The van der Waals surface area contributed by atoms with Gasteiger partial charge in [-0.05, 0) is 32.0 Å². The van der Waals surface area contributed by atoms with Crippen molar-refractivity contribution < 1.29 is 13.2 Å². The van der Waals surface area contributed by atoms with Gasteiger partial charge in [0.15, 0.2) is 5.03 Å². The van der Waals surface area contributed by atoms with Gasteiger partial charge in [0.05, 0.1) is 16.1 Å². The van der Waals surface area contributed by atoms with Crippen molar-refractivity contribution in [2.75, 3.05) is 13.1 Å². The molecule has 1 aromatic heterocycles. The molecule has 1 heterocycles. The van der Waals surface area contributed by atoms with Gasteiger partial charge < -0.3 is 4.90 Å². The lowest BCUT2D eigenvalue weighted by molar-refractivity contribution is 0.201. The lowest BCUT2D eigenvalue weighted by Crippen LogP contribution is -2.34. The monoisotopic (exact) mass is 400 g/mol. The Kier molecular flexibility index (Phi) is 5.72. The molecule has 132 valence electrons. The highest BCUT2D eigenvalue weighted by atomic mass is 35.5. The van der Waals surface area contributed by atoms with Crippen LogP contribution in [-0.2, 0) is 9.84 Å². The Morgan fingerprint density at radius 2 is 1.96 bits per heavy atom. The van der Waals surface area contributed by atoms with E-state index in [9.17, 15) is 18.5 Å². The number of hydrogen-bond acceptors (Lipinski definition) is 5. The van der Waals surface area contributed by atoms with Gasteiger partial charge in [0, 0.05) is 18.1 Å². The van der Waals surface area contributed by atoms with E-state index >= 15 is 0 Å². The van der Waals surface area contributed by atoms with Gasteiger partial charge in [-0.1, -0.05) is 23.2 Å². The normalized spacial score (nSPS) is 11.2. The number of nitriles is 1. The Hall–Kier alpha value is -2.08. The fourth-order valence-corrected chi connectivity index (χ4v) is 4.22. The predicted octanol–water partition coefficient (Wildman–Crippen LogP) is 3.20. The minimum Gasteiger partial charge on any atom is -0.323 e. The van der Waals surface area contributed by atoms with Gasteiger partial charge in [0.2, 0.25) is 9.84 Å². The Balaban J connectivity index is 2.61. The molecule has 0 N–H and O–H groups in total. The Morgan fingerprint density at radius 1 is 1.32 bits per heavy atom. The maximum atomic E-state index is 12.8. The van der Waals surface area contributed by atoms with E-state index < -0.39 is 20.9 Å². The molecule has 7 nitrogen and oxygen atoms in total. The maximum Gasteiger partial charge on any atom is 0.344 e. The number of benzene rings is 1. The van der Waals surface area contributed by atoms with Crippen LogP contribution in [0.15, 0.2) is 34.3 Å². The molecule has 2 rings (SSSR count). The van der Waals surface area contributed by atoms with Crippen molar-refractivity contribution in [3.8, 4) is 6.07 Å². The summed E-state index contributed by atoms with van der Waals surface area (Å²) in [5, 5.41) is 12.6. The summed E-state index contributed by atoms with van der Waals surface area (Å²) in [5.41, 5.74) is -0.253. The van der Waals surface area contributed by atoms with Crippen LogP contribution < -0.4 is 0 Å². The van der Waals surface area contributed by atoms with E-state index in [0.717, 1.165) is 10.9 Å². The fourth-order valence-electron chi connectivity index (χ4n) is 2.16. The first-order valence-electron chi connectivity index (χ1n) is 7.25. The molecule has 0 saturated heterocycles. The fraction of sp³-hybridized carbons (Fsp3) is 0.267. The first-order chi connectivity index (χ1) is 11.8. The molecule has 0 aliphatic carbocycles. The van der Waals surface area contributed by atoms with Crippen molar-refractivity contribution in [1.29, 1.82) is 5.26 Å². The summed E-state index contributed by atoms with van der Waals surface area (Å²) >= 11 is 11.8. The zero-order chi connectivity index (χ0) is 18.8.